The van der Waals surface area contributed by atoms with E-state index in [0.717, 1.165) is 18.2 Å². The lowest BCUT2D eigenvalue weighted by atomic mass is 10.2. The summed E-state index contributed by atoms with van der Waals surface area (Å²) in [7, 11) is -3.87. The van der Waals surface area contributed by atoms with Crippen molar-refractivity contribution in [1.29, 1.82) is 0 Å². The lowest BCUT2D eigenvalue weighted by molar-refractivity contribution is 0.102. The first-order valence-electron chi connectivity index (χ1n) is 7.77. The first-order chi connectivity index (χ1) is 12.2. The maximum absolute atomic E-state index is 14.1. The van der Waals surface area contributed by atoms with Crippen LogP contribution in [-0.4, -0.2) is 31.7 Å². The SMILES string of the molecule is CCN(CC)S(=O)(=O)c1ccc(F)c(C(=O)Nc2cccc(Cl)c2F)c1. The van der Waals surface area contributed by atoms with E-state index in [0.29, 0.717) is 0 Å². The van der Waals surface area contributed by atoms with E-state index in [2.05, 4.69) is 5.32 Å². The molecule has 0 aliphatic carbocycles. The number of sulfonamides is 1. The molecule has 2 aromatic carbocycles. The standard InChI is InChI=1S/C17H17ClF2N2O3S/c1-3-22(4-2)26(24,25)11-8-9-14(19)12(10-11)17(23)21-15-7-5-6-13(18)16(15)20/h5-10H,3-4H2,1-2H3,(H,21,23). The van der Waals surface area contributed by atoms with E-state index in [1.165, 1.54) is 22.5 Å². The maximum atomic E-state index is 14.1. The monoisotopic (exact) mass is 402 g/mol. The molecule has 1 N–H and O–H groups in total. The van der Waals surface area contributed by atoms with Crippen LogP contribution in [0.4, 0.5) is 14.5 Å². The molecular formula is C17H17ClF2N2O3S. The minimum atomic E-state index is -3.87. The lowest BCUT2D eigenvalue weighted by Gasteiger charge is -2.19. The van der Waals surface area contributed by atoms with Crippen LogP contribution in [0.15, 0.2) is 41.3 Å². The zero-order valence-electron chi connectivity index (χ0n) is 14.1. The summed E-state index contributed by atoms with van der Waals surface area (Å²) in [5.41, 5.74) is -0.753. The second kappa shape index (κ2) is 8.11. The molecule has 0 aromatic heterocycles. The van der Waals surface area contributed by atoms with Crippen LogP contribution in [0.25, 0.3) is 0 Å². The molecule has 0 spiro atoms. The average Bonchev–Trinajstić information content (AvgIpc) is 2.60. The van der Waals surface area contributed by atoms with Gasteiger partial charge in [-0.25, -0.2) is 17.2 Å². The zero-order chi connectivity index (χ0) is 19.5. The number of amides is 1. The third-order valence-electron chi connectivity index (χ3n) is 3.73. The molecule has 1 amide bonds. The highest BCUT2D eigenvalue weighted by Gasteiger charge is 2.24. The first-order valence-corrected chi connectivity index (χ1v) is 9.59. The first kappa shape index (κ1) is 20.3. The predicted molar refractivity (Wildman–Crippen MR) is 95.9 cm³/mol. The summed E-state index contributed by atoms with van der Waals surface area (Å²) >= 11 is 5.64. The Morgan fingerprint density at radius 1 is 1.15 bits per heavy atom. The Hall–Kier alpha value is -2.03. The number of anilines is 1. The van der Waals surface area contributed by atoms with E-state index < -0.39 is 33.1 Å². The Bertz CT molecular complexity index is 932. The van der Waals surface area contributed by atoms with Crippen molar-refractivity contribution in [3.05, 3.63) is 58.6 Å². The maximum Gasteiger partial charge on any atom is 0.258 e. The van der Waals surface area contributed by atoms with E-state index in [4.69, 9.17) is 11.6 Å². The van der Waals surface area contributed by atoms with E-state index >= 15 is 0 Å². The van der Waals surface area contributed by atoms with Gasteiger partial charge < -0.3 is 5.32 Å². The van der Waals surface area contributed by atoms with Crippen LogP contribution in [0, 0.1) is 11.6 Å². The van der Waals surface area contributed by atoms with Gasteiger partial charge >= 0.3 is 0 Å². The van der Waals surface area contributed by atoms with Gasteiger partial charge in [-0.2, -0.15) is 4.31 Å². The molecule has 0 saturated carbocycles. The fraction of sp³-hybridized carbons (Fsp3) is 0.235. The number of carbonyl (C=O) groups is 1. The second-order valence-corrected chi connectivity index (χ2v) is 7.63. The predicted octanol–water partition coefficient (Wildman–Crippen LogP) is 3.90. The van der Waals surface area contributed by atoms with Crippen molar-refractivity contribution in [1.82, 2.24) is 4.31 Å². The Labute approximate surface area is 155 Å². The highest BCUT2D eigenvalue weighted by Crippen LogP contribution is 2.24. The number of nitrogens with zero attached hydrogens (tertiary/aromatic N) is 1. The summed E-state index contributed by atoms with van der Waals surface area (Å²) in [5.74, 6) is -2.78. The number of carbonyl (C=O) groups excluding carboxylic acids is 1. The molecular weight excluding hydrogens is 386 g/mol. The minimum absolute atomic E-state index is 0.207. The number of benzene rings is 2. The molecule has 5 nitrogen and oxygen atoms in total. The van der Waals surface area contributed by atoms with Gasteiger partial charge in [0, 0.05) is 13.1 Å². The van der Waals surface area contributed by atoms with Gasteiger partial charge in [0.1, 0.15) is 5.82 Å². The molecule has 0 heterocycles. The fourth-order valence-electron chi connectivity index (χ4n) is 2.34. The molecule has 0 aliphatic rings. The molecule has 26 heavy (non-hydrogen) atoms. The number of halogens is 3. The summed E-state index contributed by atoms with van der Waals surface area (Å²) in [6.07, 6.45) is 0. The van der Waals surface area contributed by atoms with E-state index in [1.807, 2.05) is 0 Å². The third-order valence-corrected chi connectivity index (χ3v) is 6.06. The zero-order valence-corrected chi connectivity index (χ0v) is 15.7. The molecule has 2 rings (SSSR count). The number of nitrogens with one attached hydrogen (secondary N) is 1. The highest BCUT2D eigenvalue weighted by molar-refractivity contribution is 7.89. The van der Waals surface area contributed by atoms with Gasteiger partial charge in [0.15, 0.2) is 5.82 Å². The summed E-state index contributed by atoms with van der Waals surface area (Å²) < 4.78 is 54.2. The van der Waals surface area contributed by atoms with E-state index in [9.17, 15) is 22.0 Å². The Kier molecular flexibility index (Phi) is 6.33. The van der Waals surface area contributed by atoms with Crippen molar-refractivity contribution in [2.45, 2.75) is 18.7 Å². The summed E-state index contributed by atoms with van der Waals surface area (Å²) in [6.45, 7) is 3.79. The Morgan fingerprint density at radius 2 is 1.81 bits per heavy atom. The molecule has 140 valence electrons. The molecule has 0 atom stereocenters. The number of rotatable bonds is 6. The van der Waals surface area contributed by atoms with Gasteiger partial charge in [0.25, 0.3) is 5.91 Å². The molecule has 2 aromatic rings. The number of hydrogen-bond donors (Lipinski definition) is 1. The van der Waals surface area contributed by atoms with Gasteiger partial charge in [-0.15, -0.1) is 0 Å². The molecule has 0 aliphatic heterocycles. The van der Waals surface area contributed by atoms with E-state index in [1.54, 1.807) is 13.8 Å². The van der Waals surface area contributed by atoms with Gasteiger partial charge in [0.05, 0.1) is 21.2 Å². The van der Waals surface area contributed by atoms with Crippen LogP contribution in [0.3, 0.4) is 0 Å². The normalized spacial score (nSPS) is 11.6. The molecule has 0 unspecified atom stereocenters. The summed E-state index contributed by atoms with van der Waals surface area (Å²) in [4.78, 5) is 12.1. The van der Waals surface area contributed by atoms with Crippen molar-refractivity contribution < 1.29 is 22.0 Å². The highest BCUT2D eigenvalue weighted by atomic mass is 35.5. The fourth-order valence-corrected chi connectivity index (χ4v) is 4.00. The molecule has 0 fully saturated rings. The van der Waals surface area contributed by atoms with Crippen molar-refractivity contribution >= 4 is 33.2 Å². The summed E-state index contributed by atoms with van der Waals surface area (Å²) in [6, 6.07) is 6.87. The van der Waals surface area contributed by atoms with Crippen LogP contribution < -0.4 is 5.32 Å². The van der Waals surface area contributed by atoms with Crippen LogP contribution in [0.1, 0.15) is 24.2 Å². The largest absolute Gasteiger partial charge is 0.319 e. The molecule has 0 bridgehead atoms. The smallest absolute Gasteiger partial charge is 0.258 e. The Balaban J connectivity index is 2.41. The van der Waals surface area contributed by atoms with Gasteiger partial charge in [-0.05, 0) is 30.3 Å². The minimum Gasteiger partial charge on any atom is -0.319 e. The second-order valence-electron chi connectivity index (χ2n) is 5.29. The lowest BCUT2D eigenvalue weighted by Crippen LogP contribution is -2.31. The van der Waals surface area contributed by atoms with E-state index in [-0.39, 0.29) is 28.7 Å². The molecule has 9 heteroatoms. The van der Waals surface area contributed by atoms with Crippen molar-refractivity contribution in [3.8, 4) is 0 Å². The molecule has 0 radical (unpaired) electrons. The van der Waals surface area contributed by atoms with Crippen molar-refractivity contribution in [3.63, 3.8) is 0 Å². The number of hydrogen-bond acceptors (Lipinski definition) is 3. The van der Waals surface area contributed by atoms with Crippen molar-refractivity contribution in [2.75, 3.05) is 18.4 Å². The molecule has 0 saturated heterocycles. The quantitative estimate of drug-likeness (QED) is 0.796. The summed E-state index contributed by atoms with van der Waals surface area (Å²) in [5, 5.41) is 1.99. The van der Waals surface area contributed by atoms with Crippen LogP contribution in [0.2, 0.25) is 5.02 Å². The van der Waals surface area contributed by atoms with Gasteiger partial charge in [-0.3, -0.25) is 4.79 Å². The topological polar surface area (TPSA) is 66.5 Å². The van der Waals surface area contributed by atoms with Crippen LogP contribution in [0.5, 0.6) is 0 Å². The average molecular weight is 403 g/mol. The van der Waals surface area contributed by atoms with Crippen LogP contribution >= 0.6 is 11.6 Å². The van der Waals surface area contributed by atoms with Gasteiger partial charge in [0.2, 0.25) is 10.0 Å². The Morgan fingerprint density at radius 3 is 2.42 bits per heavy atom. The third kappa shape index (κ3) is 4.03. The van der Waals surface area contributed by atoms with Crippen LogP contribution in [-0.2, 0) is 10.0 Å². The van der Waals surface area contributed by atoms with Gasteiger partial charge in [-0.1, -0.05) is 31.5 Å². The van der Waals surface area contributed by atoms with Crippen molar-refractivity contribution in [2.24, 2.45) is 0 Å².